The van der Waals surface area contributed by atoms with Crippen LogP contribution < -0.4 is 0 Å². The molecule has 2 rings (SSSR count). The highest BCUT2D eigenvalue weighted by Crippen LogP contribution is 2.17. The average Bonchev–Trinajstić information content (AvgIpc) is 2.85. The second kappa shape index (κ2) is 5.25. The van der Waals surface area contributed by atoms with Gasteiger partial charge >= 0.3 is 0 Å². The highest BCUT2D eigenvalue weighted by atomic mass is 16.2. The van der Waals surface area contributed by atoms with E-state index in [4.69, 9.17) is 0 Å². The summed E-state index contributed by atoms with van der Waals surface area (Å²) in [4.78, 5) is 23.9. The Kier molecular flexibility index (Phi) is 3.50. The summed E-state index contributed by atoms with van der Waals surface area (Å²) < 4.78 is 0. The maximum Gasteiger partial charge on any atom is 0.257 e. The fourth-order valence-electron chi connectivity index (χ4n) is 1.77. The third-order valence-electron chi connectivity index (χ3n) is 2.63. The summed E-state index contributed by atoms with van der Waals surface area (Å²) >= 11 is 0. The van der Waals surface area contributed by atoms with Crippen LogP contribution in [0.3, 0.4) is 0 Å². The Labute approximate surface area is 100 Å². The van der Waals surface area contributed by atoms with Gasteiger partial charge in [0.25, 0.3) is 5.91 Å². The van der Waals surface area contributed by atoms with Gasteiger partial charge in [-0.1, -0.05) is 24.3 Å². The molecule has 0 fully saturated rings. The number of allylic oxidation sites excluding steroid dienone is 2. The number of aldehydes is 1. The predicted molar refractivity (Wildman–Crippen MR) is 65.4 cm³/mol. The Morgan fingerprint density at radius 1 is 1.24 bits per heavy atom. The monoisotopic (exact) mass is 227 g/mol. The van der Waals surface area contributed by atoms with E-state index >= 15 is 0 Å². The zero-order chi connectivity index (χ0) is 12.1. The molecule has 3 heteroatoms. The molecule has 0 aliphatic carbocycles. The van der Waals surface area contributed by atoms with Gasteiger partial charge in [-0.05, 0) is 30.2 Å². The Morgan fingerprint density at radius 2 is 2.00 bits per heavy atom. The number of benzene rings is 1. The van der Waals surface area contributed by atoms with E-state index in [0.717, 1.165) is 18.3 Å². The van der Waals surface area contributed by atoms with Gasteiger partial charge in [0.15, 0.2) is 0 Å². The fraction of sp³-hybridized carbons (Fsp3) is 0.143. The smallest absolute Gasteiger partial charge is 0.257 e. The van der Waals surface area contributed by atoms with Gasteiger partial charge in [-0.2, -0.15) is 0 Å². The zero-order valence-corrected chi connectivity index (χ0v) is 9.37. The first-order chi connectivity index (χ1) is 8.31. The van der Waals surface area contributed by atoms with Crippen molar-refractivity contribution < 1.29 is 9.59 Å². The summed E-state index contributed by atoms with van der Waals surface area (Å²) in [6, 6.07) is 9.18. The fourth-order valence-corrected chi connectivity index (χ4v) is 1.77. The molecule has 0 bridgehead atoms. The molecule has 3 nitrogen and oxygen atoms in total. The molecule has 1 amide bonds. The van der Waals surface area contributed by atoms with Crippen molar-refractivity contribution >= 4 is 12.2 Å². The van der Waals surface area contributed by atoms with Crippen molar-refractivity contribution in [2.45, 2.75) is 6.42 Å². The molecule has 1 heterocycles. The lowest BCUT2D eigenvalue weighted by Gasteiger charge is -2.12. The van der Waals surface area contributed by atoms with Crippen LogP contribution in [-0.2, 0) is 4.79 Å². The standard InChI is InChI=1S/C14H13NO2/c16-10-4-5-12-8-9-15(11-12)14(17)13-6-2-1-3-7-13/h1-7,10-11H,8-9H2/b5-4+. The molecule has 1 aliphatic heterocycles. The summed E-state index contributed by atoms with van der Waals surface area (Å²) in [7, 11) is 0. The molecule has 86 valence electrons. The molecule has 0 spiro atoms. The van der Waals surface area contributed by atoms with E-state index in [1.54, 1.807) is 29.3 Å². The van der Waals surface area contributed by atoms with Gasteiger partial charge in [0.2, 0.25) is 0 Å². The van der Waals surface area contributed by atoms with Gasteiger partial charge in [0, 0.05) is 18.3 Å². The molecule has 0 aromatic heterocycles. The first-order valence-electron chi connectivity index (χ1n) is 5.50. The van der Waals surface area contributed by atoms with Crippen molar-refractivity contribution in [3.63, 3.8) is 0 Å². The molecule has 0 radical (unpaired) electrons. The first kappa shape index (κ1) is 11.3. The normalized spacial score (nSPS) is 15.1. The molecule has 1 aromatic carbocycles. The highest BCUT2D eigenvalue weighted by Gasteiger charge is 2.18. The van der Waals surface area contributed by atoms with Crippen molar-refractivity contribution in [1.82, 2.24) is 4.90 Å². The summed E-state index contributed by atoms with van der Waals surface area (Å²) in [6.07, 6.45) is 6.52. The largest absolute Gasteiger partial charge is 0.314 e. The summed E-state index contributed by atoms with van der Waals surface area (Å²) in [6.45, 7) is 0.673. The van der Waals surface area contributed by atoms with E-state index in [1.165, 1.54) is 6.08 Å². The minimum atomic E-state index is 0.0000954. The minimum Gasteiger partial charge on any atom is -0.314 e. The molecule has 0 saturated heterocycles. The SMILES string of the molecule is O=C/C=C/C1=CN(C(=O)c2ccccc2)CC1. The van der Waals surface area contributed by atoms with E-state index in [-0.39, 0.29) is 5.91 Å². The lowest BCUT2D eigenvalue weighted by molar-refractivity contribution is -0.104. The van der Waals surface area contributed by atoms with Crippen molar-refractivity contribution in [2.24, 2.45) is 0 Å². The van der Waals surface area contributed by atoms with Gasteiger partial charge < -0.3 is 4.90 Å². The van der Waals surface area contributed by atoms with Crippen LogP contribution in [0.15, 0.2) is 54.3 Å². The molecule has 1 aliphatic rings. The molecule has 1 aromatic rings. The van der Waals surface area contributed by atoms with Gasteiger partial charge in [-0.25, -0.2) is 0 Å². The Bertz CT molecular complexity index is 474. The minimum absolute atomic E-state index is 0.0000954. The van der Waals surface area contributed by atoms with Crippen molar-refractivity contribution in [1.29, 1.82) is 0 Å². The van der Waals surface area contributed by atoms with E-state index in [2.05, 4.69) is 0 Å². The third kappa shape index (κ3) is 2.69. The third-order valence-corrected chi connectivity index (χ3v) is 2.63. The number of carbonyl (C=O) groups is 2. The Balaban J connectivity index is 2.10. The second-order valence-electron chi connectivity index (χ2n) is 3.81. The molecule has 0 unspecified atom stereocenters. The van der Waals surface area contributed by atoms with Crippen LogP contribution in [0.1, 0.15) is 16.8 Å². The van der Waals surface area contributed by atoms with Gasteiger partial charge in [0.1, 0.15) is 6.29 Å². The Hall–Kier alpha value is -2.16. The average molecular weight is 227 g/mol. The second-order valence-corrected chi connectivity index (χ2v) is 3.81. The number of carbonyl (C=O) groups excluding carboxylic acids is 2. The number of nitrogens with zero attached hydrogens (tertiary/aromatic N) is 1. The molecule has 0 saturated carbocycles. The molecule has 17 heavy (non-hydrogen) atoms. The predicted octanol–water partition coefficient (Wildman–Crippen LogP) is 2.17. The van der Waals surface area contributed by atoms with E-state index in [1.807, 2.05) is 18.2 Å². The van der Waals surface area contributed by atoms with Crippen LogP contribution in [0, 0.1) is 0 Å². The van der Waals surface area contributed by atoms with E-state index < -0.39 is 0 Å². The quantitative estimate of drug-likeness (QED) is 0.586. The lowest BCUT2D eigenvalue weighted by Crippen LogP contribution is -2.23. The van der Waals surface area contributed by atoms with Gasteiger partial charge in [0.05, 0.1) is 0 Å². The zero-order valence-electron chi connectivity index (χ0n) is 9.37. The number of amides is 1. The van der Waals surface area contributed by atoms with E-state index in [9.17, 15) is 9.59 Å². The van der Waals surface area contributed by atoms with Crippen LogP contribution >= 0.6 is 0 Å². The Morgan fingerprint density at radius 3 is 2.71 bits per heavy atom. The summed E-state index contributed by atoms with van der Waals surface area (Å²) in [5.41, 5.74) is 1.69. The van der Waals surface area contributed by atoms with Crippen LogP contribution in [-0.4, -0.2) is 23.6 Å². The summed E-state index contributed by atoms with van der Waals surface area (Å²) in [5, 5.41) is 0. The maximum atomic E-state index is 12.1. The first-order valence-corrected chi connectivity index (χ1v) is 5.50. The maximum absolute atomic E-state index is 12.1. The molecule has 0 N–H and O–H groups in total. The highest BCUT2D eigenvalue weighted by molar-refractivity contribution is 5.95. The topological polar surface area (TPSA) is 37.4 Å². The van der Waals surface area contributed by atoms with Crippen molar-refractivity contribution in [3.8, 4) is 0 Å². The van der Waals surface area contributed by atoms with Crippen LogP contribution in [0.4, 0.5) is 0 Å². The van der Waals surface area contributed by atoms with E-state index in [0.29, 0.717) is 12.1 Å². The van der Waals surface area contributed by atoms with Crippen molar-refractivity contribution in [3.05, 3.63) is 59.8 Å². The molecular weight excluding hydrogens is 214 g/mol. The number of hydrogen-bond acceptors (Lipinski definition) is 2. The number of hydrogen-bond donors (Lipinski definition) is 0. The molecular formula is C14H13NO2. The summed E-state index contributed by atoms with van der Waals surface area (Å²) in [5.74, 6) is 0.0000954. The van der Waals surface area contributed by atoms with Crippen molar-refractivity contribution in [2.75, 3.05) is 6.54 Å². The molecule has 0 atom stereocenters. The van der Waals surface area contributed by atoms with Crippen LogP contribution in [0.5, 0.6) is 0 Å². The van der Waals surface area contributed by atoms with Gasteiger partial charge in [-0.3, -0.25) is 9.59 Å². The van der Waals surface area contributed by atoms with Crippen LogP contribution in [0.25, 0.3) is 0 Å². The number of rotatable bonds is 3. The lowest BCUT2D eigenvalue weighted by atomic mass is 10.2. The van der Waals surface area contributed by atoms with Crippen LogP contribution in [0.2, 0.25) is 0 Å². The van der Waals surface area contributed by atoms with Gasteiger partial charge in [-0.15, -0.1) is 0 Å².